The number of aromatic amines is 1. The molecule has 72 valence electrons. The summed E-state index contributed by atoms with van der Waals surface area (Å²) in [5.74, 6) is 0.140. The van der Waals surface area contributed by atoms with E-state index in [9.17, 15) is 4.79 Å². The van der Waals surface area contributed by atoms with E-state index >= 15 is 0 Å². The number of hydrogen-bond acceptors (Lipinski definition) is 4. The quantitative estimate of drug-likeness (QED) is 0.663. The fourth-order valence-electron chi connectivity index (χ4n) is 1.04. The Hall–Kier alpha value is -2.11. The van der Waals surface area contributed by atoms with E-state index in [0.717, 1.165) is 5.75 Å². The summed E-state index contributed by atoms with van der Waals surface area (Å²) < 4.78 is 9.33. The second-order valence-corrected chi connectivity index (χ2v) is 2.58. The Morgan fingerprint density at radius 1 is 1.43 bits per heavy atom. The van der Waals surface area contributed by atoms with Crippen molar-refractivity contribution in [2.45, 2.75) is 0 Å². The summed E-state index contributed by atoms with van der Waals surface area (Å²) in [6.45, 7) is 0. The fraction of sp³-hybridized carbons (Fsp3) is 0.125. The maximum atomic E-state index is 10.7. The molecule has 0 unspecified atom stereocenters. The molecule has 1 aromatic heterocycles. The molecule has 6 heteroatoms. The van der Waals surface area contributed by atoms with Gasteiger partial charge in [-0.3, -0.25) is 0 Å². The number of H-pyrrole nitrogens is 1. The molecule has 0 amide bonds. The Labute approximate surface area is 78.7 Å². The summed E-state index contributed by atoms with van der Waals surface area (Å²) in [4.78, 5) is 11.9. The van der Waals surface area contributed by atoms with Gasteiger partial charge in [0.25, 0.3) is 5.69 Å². The predicted octanol–water partition coefficient (Wildman–Crippen LogP) is -0.352. The molecule has 0 fully saturated rings. The molecule has 0 aliphatic heterocycles. The third-order valence-corrected chi connectivity index (χ3v) is 1.72. The number of hydrogen-bond donors (Lipinski definition) is 1. The van der Waals surface area contributed by atoms with Crippen molar-refractivity contribution < 1.29 is 14.1 Å². The van der Waals surface area contributed by atoms with Crippen LogP contribution in [0.15, 0.2) is 33.6 Å². The second-order valence-electron chi connectivity index (χ2n) is 2.58. The molecule has 0 atom stereocenters. The lowest BCUT2D eigenvalue weighted by molar-refractivity contribution is -0.725. The van der Waals surface area contributed by atoms with Gasteiger partial charge in [0.15, 0.2) is 0 Å². The molecule has 0 spiro atoms. The highest BCUT2D eigenvalue weighted by molar-refractivity contribution is 5.30. The van der Waals surface area contributed by atoms with Crippen LogP contribution >= 0.6 is 0 Å². The van der Waals surface area contributed by atoms with Crippen molar-refractivity contribution in [1.82, 2.24) is 10.4 Å². The van der Waals surface area contributed by atoms with Crippen molar-refractivity contribution in [1.29, 1.82) is 0 Å². The first-order valence-corrected chi connectivity index (χ1v) is 3.92. The number of nitrogens with zero attached hydrogens (tertiary/aromatic N) is 2. The van der Waals surface area contributed by atoms with E-state index in [4.69, 9.17) is 4.74 Å². The highest BCUT2D eigenvalue weighted by Crippen LogP contribution is 2.09. The van der Waals surface area contributed by atoms with Gasteiger partial charge in [0, 0.05) is 12.1 Å². The van der Waals surface area contributed by atoms with Gasteiger partial charge in [-0.15, -0.1) is 0 Å². The first-order valence-electron chi connectivity index (χ1n) is 3.92. The molecule has 6 nitrogen and oxygen atoms in total. The number of methoxy groups -OCH3 is 1. The van der Waals surface area contributed by atoms with E-state index in [-0.39, 0.29) is 0 Å². The fourth-order valence-corrected chi connectivity index (χ4v) is 1.04. The van der Waals surface area contributed by atoms with Gasteiger partial charge in [0.2, 0.25) is 5.27 Å². The average molecular weight is 194 g/mol. The largest absolute Gasteiger partial charge is 0.497 e. The van der Waals surface area contributed by atoms with Gasteiger partial charge in [0.1, 0.15) is 5.75 Å². The SMILES string of the molecule is COc1ccc(-[n+]2noc(=O)[nH]2)cc1. The second kappa shape index (κ2) is 3.33. The molecular formula is C8H8N3O3+. The van der Waals surface area contributed by atoms with Crippen LogP contribution in [0.25, 0.3) is 5.69 Å². The summed E-state index contributed by atoms with van der Waals surface area (Å²) in [5, 5.41) is 5.85. The van der Waals surface area contributed by atoms with Crippen molar-refractivity contribution in [3.63, 3.8) is 0 Å². The molecule has 14 heavy (non-hydrogen) atoms. The van der Waals surface area contributed by atoms with Crippen molar-refractivity contribution in [3.8, 4) is 11.4 Å². The van der Waals surface area contributed by atoms with Gasteiger partial charge in [-0.1, -0.05) is 5.10 Å². The van der Waals surface area contributed by atoms with Crippen molar-refractivity contribution >= 4 is 0 Å². The van der Waals surface area contributed by atoms with Crippen LogP contribution in [0.1, 0.15) is 0 Å². The first kappa shape index (κ1) is 8.49. The van der Waals surface area contributed by atoms with E-state index in [1.54, 1.807) is 31.4 Å². The van der Waals surface area contributed by atoms with E-state index in [0.29, 0.717) is 5.69 Å². The average Bonchev–Trinajstić information content (AvgIpc) is 2.65. The smallest absolute Gasteiger partial charge is 0.493 e. The van der Waals surface area contributed by atoms with Gasteiger partial charge >= 0.3 is 5.76 Å². The van der Waals surface area contributed by atoms with E-state index in [1.807, 2.05) is 0 Å². The third kappa shape index (κ3) is 1.49. The number of rotatable bonds is 2. The highest BCUT2D eigenvalue weighted by atomic mass is 16.5. The predicted molar refractivity (Wildman–Crippen MR) is 45.2 cm³/mol. The van der Waals surface area contributed by atoms with Crippen LogP contribution in [0.3, 0.4) is 0 Å². The summed E-state index contributed by atoms with van der Waals surface area (Å²) in [7, 11) is 1.58. The van der Waals surface area contributed by atoms with Gasteiger partial charge in [-0.05, 0) is 12.1 Å². The first-order chi connectivity index (χ1) is 6.79. The zero-order chi connectivity index (χ0) is 9.97. The Morgan fingerprint density at radius 2 is 2.14 bits per heavy atom. The highest BCUT2D eigenvalue weighted by Gasteiger charge is 2.11. The standard InChI is InChI=1S/C8H7N3O3/c1-13-7-4-2-6(3-5-7)11-9-8(12)14-10-11/h2-5H,1H3/p+1. The molecular weight excluding hydrogens is 186 g/mol. The molecule has 2 aromatic rings. The van der Waals surface area contributed by atoms with Crippen molar-refractivity contribution in [3.05, 3.63) is 34.8 Å². The molecule has 0 radical (unpaired) electrons. The van der Waals surface area contributed by atoms with Crippen LogP contribution in [0.4, 0.5) is 0 Å². The molecule has 1 heterocycles. The summed E-state index contributed by atoms with van der Waals surface area (Å²) >= 11 is 0. The lowest BCUT2D eigenvalue weighted by Gasteiger charge is -1.95. The number of nitrogens with one attached hydrogen (secondary N) is 1. The van der Waals surface area contributed by atoms with Crippen LogP contribution < -0.4 is 15.3 Å². The minimum atomic E-state index is -0.596. The summed E-state index contributed by atoms with van der Waals surface area (Å²) in [6.07, 6.45) is 0. The van der Waals surface area contributed by atoms with Gasteiger partial charge in [-0.25, -0.2) is 9.32 Å². The zero-order valence-corrected chi connectivity index (χ0v) is 7.43. The topological polar surface area (TPSA) is 72.0 Å². The van der Waals surface area contributed by atoms with Crippen LogP contribution in [-0.4, -0.2) is 17.5 Å². The molecule has 0 aliphatic rings. The third-order valence-electron chi connectivity index (χ3n) is 1.72. The van der Waals surface area contributed by atoms with Gasteiger partial charge in [0.05, 0.1) is 11.9 Å². The van der Waals surface area contributed by atoms with E-state index < -0.39 is 5.76 Å². The summed E-state index contributed by atoms with van der Waals surface area (Å²) in [6, 6.07) is 7.01. The minimum Gasteiger partial charge on any atom is -0.497 e. The molecule has 0 saturated carbocycles. The molecule has 0 saturated heterocycles. The molecule has 1 aromatic carbocycles. The van der Waals surface area contributed by atoms with E-state index in [2.05, 4.69) is 14.9 Å². The molecule has 0 aliphatic carbocycles. The van der Waals surface area contributed by atoms with Crippen LogP contribution in [0, 0.1) is 0 Å². The minimum absolute atomic E-state index is 0.596. The Morgan fingerprint density at radius 3 is 2.64 bits per heavy atom. The van der Waals surface area contributed by atoms with Crippen molar-refractivity contribution in [2.75, 3.05) is 7.11 Å². The molecule has 2 rings (SSSR count). The maximum absolute atomic E-state index is 10.7. The van der Waals surface area contributed by atoms with Crippen LogP contribution in [-0.2, 0) is 0 Å². The summed E-state index contributed by atoms with van der Waals surface area (Å²) in [5.41, 5.74) is 0.691. The monoisotopic (exact) mass is 194 g/mol. The molecule has 1 N–H and O–H groups in total. The number of aromatic nitrogens is 3. The number of benzene rings is 1. The van der Waals surface area contributed by atoms with Crippen molar-refractivity contribution in [2.24, 2.45) is 0 Å². The van der Waals surface area contributed by atoms with Gasteiger partial charge in [-0.2, -0.15) is 0 Å². The van der Waals surface area contributed by atoms with Gasteiger partial charge < -0.3 is 4.74 Å². The molecule has 0 bridgehead atoms. The van der Waals surface area contributed by atoms with E-state index in [1.165, 1.54) is 4.80 Å². The lowest BCUT2D eigenvalue weighted by Crippen LogP contribution is -2.37. The van der Waals surface area contributed by atoms with Crippen LogP contribution in [0.5, 0.6) is 5.75 Å². The van der Waals surface area contributed by atoms with Crippen LogP contribution in [0.2, 0.25) is 0 Å². The lowest BCUT2D eigenvalue weighted by atomic mass is 10.3. The zero-order valence-electron chi connectivity index (χ0n) is 7.43. The normalized spacial score (nSPS) is 10.1. The number of ether oxygens (including phenoxy) is 1. The Bertz CT molecular complexity index is 471. The Balaban J connectivity index is 2.38. The Kier molecular flexibility index (Phi) is 2.02. The maximum Gasteiger partial charge on any atom is 0.493 e.